The van der Waals surface area contributed by atoms with Crippen molar-refractivity contribution in [1.29, 1.82) is 0 Å². The average molecular weight is 183 g/mol. The molecule has 3 N–H and O–H groups in total. The van der Waals surface area contributed by atoms with Crippen LogP contribution in [-0.4, -0.2) is 22.4 Å². The molecule has 0 amide bonds. The van der Waals surface area contributed by atoms with Gasteiger partial charge in [0.2, 0.25) is 0 Å². The fourth-order valence-corrected chi connectivity index (χ4v) is 0. The van der Waals surface area contributed by atoms with E-state index in [-0.39, 0.29) is 53.8 Å². The van der Waals surface area contributed by atoms with Crippen LogP contribution in [-0.2, 0) is 33.6 Å². The molecule has 0 aromatic rings. The Kier molecular flexibility index (Phi) is 52.6. The Morgan fingerprint density at radius 3 is 1.14 bits per heavy atom. The van der Waals surface area contributed by atoms with Crippen molar-refractivity contribution in [3.05, 3.63) is 0 Å². The molecule has 0 fully saturated rings. The van der Waals surface area contributed by atoms with E-state index in [4.69, 9.17) is 15.1 Å². The summed E-state index contributed by atoms with van der Waals surface area (Å²) < 4.78 is 0. The normalized spacial score (nSPS) is 3.86. The SMILES string of the molecule is OB(O)O.[H-].[Li+].[Mn].[Ni]. The van der Waals surface area contributed by atoms with Crippen molar-refractivity contribution in [3.8, 4) is 0 Å². The van der Waals surface area contributed by atoms with E-state index in [0.29, 0.717) is 0 Å². The maximum absolute atomic E-state index is 7.17. The van der Waals surface area contributed by atoms with E-state index in [0.717, 1.165) is 0 Å². The summed E-state index contributed by atoms with van der Waals surface area (Å²) in [5, 5.41) is 21.5. The van der Waals surface area contributed by atoms with Gasteiger partial charge in [0.15, 0.2) is 0 Å². The van der Waals surface area contributed by atoms with Crippen LogP contribution in [0.15, 0.2) is 0 Å². The minimum Gasteiger partial charge on any atom is -1.00 e. The van der Waals surface area contributed by atoms with Gasteiger partial charge < -0.3 is 16.5 Å². The van der Waals surface area contributed by atoms with Gasteiger partial charge in [0.1, 0.15) is 0 Å². The summed E-state index contributed by atoms with van der Waals surface area (Å²) in [6.07, 6.45) is 0. The van der Waals surface area contributed by atoms with Gasteiger partial charge in [0.05, 0.1) is 0 Å². The monoisotopic (exact) mass is 183 g/mol. The summed E-state index contributed by atoms with van der Waals surface area (Å²) in [7, 11) is -2.17. The van der Waals surface area contributed by atoms with Crippen LogP contribution in [0.4, 0.5) is 0 Å². The molecule has 0 saturated heterocycles. The van der Waals surface area contributed by atoms with E-state index in [1.807, 2.05) is 0 Å². The minimum absolute atomic E-state index is 0. The van der Waals surface area contributed by atoms with Gasteiger partial charge in [0.25, 0.3) is 0 Å². The van der Waals surface area contributed by atoms with E-state index in [1.54, 1.807) is 0 Å². The average Bonchev–Trinajstić information content (AvgIpc) is 0.811. The van der Waals surface area contributed by atoms with Crippen LogP contribution in [0, 0.1) is 0 Å². The zero-order chi connectivity index (χ0) is 3.58. The Hall–Kier alpha value is 1.56. The van der Waals surface area contributed by atoms with Crippen LogP contribution in [0.3, 0.4) is 0 Å². The molecule has 0 aliphatic heterocycles. The molecular weight excluding hydrogens is 179 g/mol. The quantitative estimate of drug-likeness (QED) is 0.330. The maximum Gasteiger partial charge on any atom is 1.00 e. The standard InChI is InChI=1S/BH3O3.Li.Mn.Ni.H/c2-1(3)4;;;;/h2-4H;;;;/q;+1;;;-1. The van der Waals surface area contributed by atoms with E-state index >= 15 is 0 Å². The van der Waals surface area contributed by atoms with E-state index in [9.17, 15) is 0 Å². The Morgan fingerprint density at radius 1 is 1.14 bits per heavy atom. The van der Waals surface area contributed by atoms with Crippen LogP contribution >= 0.6 is 0 Å². The van der Waals surface area contributed by atoms with Gasteiger partial charge >= 0.3 is 26.2 Å². The van der Waals surface area contributed by atoms with Crippen LogP contribution in [0.2, 0.25) is 0 Å². The maximum atomic E-state index is 7.17. The summed E-state index contributed by atoms with van der Waals surface area (Å²) in [5.74, 6) is 0. The van der Waals surface area contributed by atoms with Gasteiger partial charge in [-0.2, -0.15) is 0 Å². The molecule has 0 atom stereocenters. The van der Waals surface area contributed by atoms with Crippen molar-refractivity contribution >= 4 is 7.32 Å². The van der Waals surface area contributed by atoms with Crippen molar-refractivity contribution in [2.75, 3.05) is 0 Å². The second-order valence-corrected chi connectivity index (χ2v) is 0.346. The van der Waals surface area contributed by atoms with Crippen molar-refractivity contribution in [3.63, 3.8) is 0 Å². The molecule has 0 saturated carbocycles. The first-order valence-corrected chi connectivity index (χ1v) is 0.775. The van der Waals surface area contributed by atoms with Gasteiger partial charge in [0, 0.05) is 33.6 Å². The Labute approximate surface area is 76.1 Å². The number of hydrogen-bond acceptors (Lipinski definition) is 3. The Bertz CT molecular complexity index is 24.0. The zero-order valence-electron chi connectivity index (χ0n) is 4.61. The molecule has 0 rings (SSSR count). The van der Waals surface area contributed by atoms with Crippen LogP contribution < -0.4 is 18.9 Å². The third-order valence-electron chi connectivity index (χ3n) is 0. The van der Waals surface area contributed by atoms with Gasteiger partial charge in [-0.15, -0.1) is 0 Å². The first-order valence-electron chi connectivity index (χ1n) is 0.775. The van der Waals surface area contributed by atoms with E-state index in [1.165, 1.54) is 0 Å². The molecule has 0 unspecified atom stereocenters. The van der Waals surface area contributed by atoms with Gasteiger partial charge in [-0.3, -0.25) is 0 Å². The molecule has 7 heavy (non-hydrogen) atoms. The summed E-state index contributed by atoms with van der Waals surface area (Å²) in [5.41, 5.74) is 0. The molecule has 7 heteroatoms. The second kappa shape index (κ2) is 15.6. The Morgan fingerprint density at radius 2 is 1.14 bits per heavy atom. The van der Waals surface area contributed by atoms with Gasteiger partial charge in [-0.25, -0.2) is 0 Å². The summed E-state index contributed by atoms with van der Waals surface area (Å²) in [6, 6.07) is 0. The van der Waals surface area contributed by atoms with E-state index < -0.39 is 7.32 Å². The topological polar surface area (TPSA) is 60.7 Å². The molecule has 43 valence electrons. The van der Waals surface area contributed by atoms with Crippen molar-refractivity contribution in [2.24, 2.45) is 0 Å². The molecule has 0 heterocycles. The van der Waals surface area contributed by atoms with Gasteiger partial charge in [-0.1, -0.05) is 0 Å². The second-order valence-electron chi connectivity index (χ2n) is 0.346. The predicted molar refractivity (Wildman–Crippen MR) is 13.5 cm³/mol. The van der Waals surface area contributed by atoms with Gasteiger partial charge in [-0.05, 0) is 0 Å². The van der Waals surface area contributed by atoms with Crippen molar-refractivity contribution < 1.29 is 68.9 Å². The van der Waals surface area contributed by atoms with Crippen molar-refractivity contribution in [1.82, 2.24) is 0 Å². The first-order chi connectivity index (χ1) is 1.73. The third kappa shape index (κ3) is 96.4. The molecule has 0 aliphatic carbocycles. The first kappa shape index (κ1) is 23.5. The predicted octanol–water partition coefficient (Wildman–Crippen LogP) is -4.94. The molecule has 0 aliphatic rings. The Balaban J connectivity index is -0.00000000750. The summed E-state index contributed by atoms with van der Waals surface area (Å²) in [6.45, 7) is 0. The molecule has 1 radical (unpaired) electrons. The summed E-state index contributed by atoms with van der Waals surface area (Å²) in [4.78, 5) is 0. The molecule has 0 spiro atoms. The largest absolute Gasteiger partial charge is 1.00 e. The molecular formula is H4BLiMnNiO3. The van der Waals surface area contributed by atoms with Crippen LogP contribution in [0.25, 0.3) is 0 Å². The molecule has 0 aromatic heterocycles. The molecule has 3 nitrogen and oxygen atoms in total. The molecule has 0 aromatic carbocycles. The van der Waals surface area contributed by atoms with Crippen LogP contribution in [0.5, 0.6) is 0 Å². The number of hydrogen-bond donors (Lipinski definition) is 3. The smallest absolute Gasteiger partial charge is 1.00 e. The fraction of sp³-hybridized carbons (Fsp3) is 0. The number of rotatable bonds is 0. The van der Waals surface area contributed by atoms with E-state index in [2.05, 4.69) is 0 Å². The summed E-state index contributed by atoms with van der Waals surface area (Å²) >= 11 is 0. The van der Waals surface area contributed by atoms with Crippen LogP contribution in [0.1, 0.15) is 1.43 Å². The zero-order valence-corrected chi connectivity index (χ0v) is 5.78. The minimum atomic E-state index is -2.17. The van der Waals surface area contributed by atoms with Crippen molar-refractivity contribution in [2.45, 2.75) is 0 Å². The molecule has 0 bridgehead atoms. The fourth-order valence-electron chi connectivity index (χ4n) is 0. The third-order valence-corrected chi connectivity index (χ3v) is 0.